The molecule has 6 nitrogen and oxygen atoms in total. The maximum absolute atomic E-state index is 13.1. The first-order chi connectivity index (χ1) is 13.4. The standard InChI is InChI=1S/C21H24N2O4S/c1-5-10-26-21(25)14(4)23-12-22-19-18(20(23)24)17(11-28-19)15-6-8-16(9-7-15)27-13(2)3/h6-9,11-14H,5,10H2,1-4H3/t14-/m0/s1. The predicted octanol–water partition coefficient (Wildman–Crippen LogP) is 4.43. The van der Waals surface area contributed by atoms with Gasteiger partial charge in [0.1, 0.15) is 16.6 Å². The third-order valence-corrected chi connectivity index (χ3v) is 5.15. The van der Waals surface area contributed by atoms with Crippen molar-refractivity contribution in [2.45, 2.75) is 46.3 Å². The van der Waals surface area contributed by atoms with Gasteiger partial charge in [0.15, 0.2) is 0 Å². The van der Waals surface area contributed by atoms with Gasteiger partial charge in [-0.05, 0) is 44.9 Å². The molecular formula is C21H24N2O4S. The molecule has 0 aliphatic rings. The lowest BCUT2D eigenvalue weighted by atomic mass is 10.1. The Hall–Kier alpha value is -2.67. The average molecular weight is 401 g/mol. The smallest absolute Gasteiger partial charge is 0.328 e. The number of nitrogens with zero attached hydrogens (tertiary/aromatic N) is 2. The van der Waals surface area contributed by atoms with Crippen LogP contribution in [-0.4, -0.2) is 28.2 Å². The third kappa shape index (κ3) is 4.09. The van der Waals surface area contributed by atoms with Crippen molar-refractivity contribution in [3.05, 3.63) is 46.3 Å². The highest BCUT2D eigenvalue weighted by molar-refractivity contribution is 7.17. The largest absolute Gasteiger partial charge is 0.491 e. The Morgan fingerprint density at radius 1 is 1.21 bits per heavy atom. The van der Waals surface area contributed by atoms with Gasteiger partial charge in [-0.3, -0.25) is 9.36 Å². The molecule has 28 heavy (non-hydrogen) atoms. The van der Waals surface area contributed by atoms with Gasteiger partial charge >= 0.3 is 5.97 Å². The molecule has 0 aliphatic heterocycles. The van der Waals surface area contributed by atoms with Gasteiger partial charge < -0.3 is 9.47 Å². The zero-order valence-corrected chi connectivity index (χ0v) is 17.3. The number of rotatable bonds is 7. The van der Waals surface area contributed by atoms with Gasteiger partial charge in [0.2, 0.25) is 0 Å². The first-order valence-corrected chi connectivity index (χ1v) is 10.2. The molecule has 0 unspecified atom stereocenters. The molecule has 0 bridgehead atoms. The number of carbonyl (C=O) groups excluding carboxylic acids is 1. The van der Waals surface area contributed by atoms with Crippen LogP contribution < -0.4 is 10.3 Å². The SMILES string of the molecule is CCCOC(=O)[C@H](C)n1cnc2scc(-c3ccc(OC(C)C)cc3)c2c1=O. The van der Waals surface area contributed by atoms with Crippen LogP contribution in [0.15, 0.2) is 40.8 Å². The predicted molar refractivity (Wildman–Crippen MR) is 111 cm³/mol. The molecule has 0 spiro atoms. The van der Waals surface area contributed by atoms with Crippen LogP contribution in [0.5, 0.6) is 5.75 Å². The summed E-state index contributed by atoms with van der Waals surface area (Å²) >= 11 is 1.41. The van der Waals surface area contributed by atoms with Crippen molar-refractivity contribution in [1.29, 1.82) is 0 Å². The minimum absolute atomic E-state index is 0.0955. The van der Waals surface area contributed by atoms with Gasteiger partial charge in [-0.2, -0.15) is 0 Å². The van der Waals surface area contributed by atoms with E-state index in [1.807, 2.05) is 50.4 Å². The lowest BCUT2D eigenvalue weighted by molar-refractivity contribution is -0.147. The molecular weight excluding hydrogens is 376 g/mol. The van der Waals surface area contributed by atoms with Crippen LogP contribution in [0.25, 0.3) is 21.3 Å². The van der Waals surface area contributed by atoms with Gasteiger partial charge in [-0.1, -0.05) is 19.1 Å². The summed E-state index contributed by atoms with van der Waals surface area (Å²) in [5, 5.41) is 2.43. The molecule has 1 aromatic carbocycles. The van der Waals surface area contributed by atoms with Crippen molar-refractivity contribution in [1.82, 2.24) is 9.55 Å². The fourth-order valence-corrected chi connectivity index (χ4v) is 3.76. The zero-order chi connectivity index (χ0) is 20.3. The number of thiophene rings is 1. The van der Waals surface area contributed by atoms with Crippen molar-refractivity contribution >= 4 is 27.5 Å². The van der Waals surface area contributed by atoms with Crippen molar-refractivity contribution in [2.24, 2.45) is 0 Å². The Balaban J connectivity index is 1.99. The van der Waals surface area contributed by atoms with Gasteiger partial charge in [0, 0.05) is 10.9 Å². The summed E-state index contributed by atoms with van der Waals surface area (Å²) in [6, 6.07) is 6.89. The fraction of sp³-hybridized carbons (Fsp3) is 0.381. The van der Waals surface area contributed by atoms with Crippen molar-refractivity contribution in [3.63, 3.8) is 0 Å². The van der Waals surface area contributed by atoms with Crippen LogP contribution in [0.1, 0.15) is 40.2 Å². The summed E-state index contributed by atoms with van der Waals surface area (Å²) < 4.78 is 12.2. The summed E-state index contributed by atoms with van der Waals surface area (Å²) in [6.45, 7) is 7.86. The summed E-state index contributed by atoms with van der Waals surface area (Å²) in [5.41, 5.74) is 1.46. The van der Waals surface area contributed by atoms with Crippen LogP contribution in [0.3, 0.4) is 0 Å². The summed E-state index contributed by atoms with van der Waals surface area (Å²) in [4.78, 5) is 30.3. The molecule has 3 rings (SSSR count). The number of benzene rings is 1. The molecule has 0 amide bonds. The molecule has 0 saturated heterocycles. The maximum Gasteiger partial charge on any atom is 0.328 e. The van der Waals surface area contributed by atoms with Crippen LogP contribution in [-0.2, 0) is 9.53 Å². The van der Waals surface area contributed by atoms with E-state index in [4.69, 9.17) is 9.47 Å². The Labute approximate surface area is 167 Å². The number of aromatic nitrogens is 2. The molecule has 1 atom stereocenters. The van der Waals surface area contributed by atoms with E-state index in [1.165, 1.54) is 22.2 Å². The van der Waals surface area contributed by atoms with E-state index in [2.05, 4.69) is 4.98 Å². The Kier molecular flexibility index (Phi) is 6.14. The number of hydrogen-bond donors (Lipinski definition) is 0. The van der Waals surface area contributed by atoms with E-state index in [0.29, 0.717) is 16.8 Å². The molecule has 0 N–H and O–H groups in total. The van der Waals surface area contributed by atoms with Gasteiger partial charge in [-0.15, -0.1) is 11.3 Å². The lowest BCUT2D eigenvalue weighted by Crippen LogP contribution is -2.29. The van der Waals surface area contributed by atoms with E-state index in [9.17, 15) is 9.59 Å². The van der Waals surface area contributed by atoms with Gasteiger partial charge in [0.25, 0.3) is 5.56 Å². The highest BCUT2D eigenvalue weighted by Gasteiger charge is 2.21. The first kappa shape index (κ1) is 20.1. The van der Waals surface area contributed by atoms with E-state index in [0.717, 1.165) is 23.3 Å². The van der Waals surface area contributed by atoms with Gasteiger partial charge in [0.05, 0.1) is 24.4 Å². The second-order valence-electron chi connectivity index (χ2n) is 6.82. The van der Waals surface area contributed by atoms with Crippen LogP contribution in [0, 0.1) is 0 Å². The van der Waals surface area contributed by atoms with Crippen molar-refractivity contribution < 1.29 is 14.3 Å². The molecule has 0 radical (unpaired) electrons. The lowest BCUT2D eigenvalue weighted by Gasteiger charge is -2.14. The van der Waals surface area contributed by atoms with Gasteiger partial charge in [-0.25, -0.2) is 9.78 Å². The Morgan fingerprint density at radius 3 is 2.57 bits per heavy atom. The zero-order valence-electron chi connectivity index (χ0n) is 16.5. The minimum Gasteiger partial charge on any atom is -0.491 e. The Bertz CT molecular complexity index is 1020. The normalized spacial score (nSPS) is 12.3. The second-order valence-corrected chi connectivity index (χ2v) is 7.68. The highest BCUT2D eigenvalue weighted by Crippen LogP contribution is 2.32. The average Bonchev–Trinajstić information content (AvgIpc) is 3.11. The first-order valence-electron chi connectivity index (χ1n) is 9.34. The minimum atomic E-state index is -0.731. The van der Waals surface area contributed by atoms with Crippen molar-refractivity contribution in [2.75, 3.05) is 6.61 Å². The molecule has 0 aliphatic carbocycles. The van der Waals surface area contributed by atoms with E-state index in [-0.39, 0.29) is 11.7 Å². The molecule has 148 valence electrons. The van der Waals surface area contributed by atoms with Crippen molar-refractivity contribution in [3.8, 4) is 16.9 Å². The van der Waals surface area contributed by atoms with Crippen LogP contribution >= 0.6 is 11.3 Å². The Morgan fingerprint density at radius 2 is 1.93 bits per heavy atom. The number of ether oxygens (including phenoxy) is 2. The quantitative estimate of drug-likeness (QED) is 0.549. The number of hydrogen-bond acceptors (Lipinski definition) is 6. The third-order valence-electron chi connectivity index (χ3n) is 4.26. The molecule has 0 fully saturated rings. The topological polar surface area (TPSA) is 70.4 Å². The molecule has 7 heteroatoms. The maximum atomic E-state index is 13.1. The van der Waals surface area contributed by atoms with E-state index < -0.39 is 12.0 Å². The fourth-order valence-electron chi connectivity index (χ4n) is 2.86. The second kappa shape index (κ2) is 8.56. The summed E-state index contributed by atoms with van der Waals surface area (Å²) in [6.07, 6.45) is 2.25. The highest BCUT2D eigenvalue weighted by atomic mass is 32.1. The molecule has 0 saturated carbocycles. The summed E-state index contributed by atoms with van der Waals surface area (Å²) in [5.74, 6) is 0.346. The van der Waals surface area contributed by atoms with Crippen LogP contribution in [0.4, 0.5) is 0 Å². The molecule has 2 aromatic heterocycles. The van der Waals surface area contributed by atoms with E-state index >= 15 is 0 Å². The molecule has 2 heterocycles. The van der Waals surface area contributed by atoms with Crippen LogP contribution in [0.2, 0.25) is 0 Å². The van der Waals surface area contributed by atoms with E-state index in [1.54, 1.807) is 6.92 Å². The number of carbonyl (C=O) groups is 1. The number of fused-ring (bicyclic) bond motifs is 1. The number of esters is 1. The summed E-state index contributed by atoms with van der Waals surface area (Å²) in [7, 11) is 0. The molecule has 3 aromatic rings. The monoisotopic (exact) mass is 400 g/mol.